The van der Waals surface area contributed by atoms with E-state index in [2.05, 4.69) is 22.5 Å². The number of guanidine groups is 1. The number of hydrogen-bond donors (Lipinski definition) is 3. The number of sulfonamides is 1. The number of nitrogens with zero attached hydrogens (tertiary/aromatic N) is 1. The van der Waals surface area contributed by atoms with E-state index in [1.807, 2.05) is 13.0 Å². The molecule has 0 saturated heterocycles. The zero-order valence-corrected chi connectivity index (χ0v) is 19.4. The van der Waals surface area contributed by atoms with Gasteiger partial charge in [-0.2, -0.15) is 0 Å². The van der Waals surface area contributed by atoms with Gasteiger partial charge < -0.3 is 10.6 Å². The molecule has 2 rings (SSSR count). The van der Waals surface area contributed by atoms with Crippen molar-refractivity contribution in [1.29, 1.82) is 0 Å². The van der Waals surface area contributed by atoms with Gasteiger partial charge in [0.15, 0.2) is 5.96 Å². The molecule has 8 heteroatoms. The first-order valence-corrected chi connectivity index (χ1v) is 11.1. The Balaban J connectivity index is 0.00000364. The smallest absolute Gasteiger partial charge is 0.238 e. The molecule has 0 aliphatic heterocycles. The molecular formula is C19H33IN4O2S. The van der Waals surface area contributed by atoms with Crippen molar-refractivity contribution in [1.82, 2.24) is 10.6 Å². The summed E-state index contributed by atoms with van der Waals surface area (Å²) in [6, 6.07) is 6.61. The Hall–Kier alpha value is -0.870. The summed E-state index contributed by atoms with van der Waals surface area (Å²) in [6.45, 7) is 6.46. The van der Waals surface area contributed by atoms with Gasteiger partial charge >= 0.3 is 0 Å². The molecule has 0 radical (unpaired) electrons. The van der Waals surface area contributed by atoms with Crippen molar-refractivity contribution in [3.8, 4) is 0 Å². The molecule has 4 N–H and O–H groups in total. The zero-order valence-electron chi connectivity index (χ0n) is 16.3. The number of rotatable bonds is 7. The van der Waals surface area contributed by atoms with Crippen LogP contribution in [-0.2, 0) is 16.6 Å². The van der Waals surface area contributed by atoms with Crippen molar-refractivity contribution >= 4 is 40.0 Å². The van der Waals surface area contributed by atoms with Crippen molar-refractivity contribution < 1.29 is 8.42 Å². The first-order valence-electron chi connectivity index (χ1n) is 9.52. The predicted octanol–water partition coefficient (Wildman–Crippen LogP) is 3.22. The standard InChI is InChI=1S/C19H32N4O2S.HI/c1-3-21-19(22-11-10-16-7-4-6-15(2)12-16)23-14-17-8-5-9-18(13-17)26(20,24)25;/h5,8-9,13,15-16H,3-4,6-7,10-12,14H2,1-2H3,(H2,20,24,25)(H2,21,22,23);1H. The molecule has 1 aromatic rings. The third-order valence-electron chi connectivity index (χ3n) is 4.88. The molecule has 1 aliphatic rings. The summed E-state index contributed by atoms with van der Waals surface area (Å²) in [7, 11) is -3.69. The van der Waals surface area contributed by atoms with E-state index in [0.717, 1.165) is 42.9 Å². The molecule has 0 amide bonds. The van der Waals surface area contributed by atoms with Crippen LogP contribution in [0.4, 0.5) is 0 Å². The van der Waals surface area contributed by atoms with Gasteiger partial charge in [0.05, 0.1) is 11.4 Å². The maximum atomic E-state index is 11.5. The van der Waals surface area contributed by atoms with E-state index in [4.69, 9.17) is 5.14 Å². The lowest BCUT2D eigenvalue weighted by molar-refractivity contribution is 0.270. The maximum Gasteiger partial charge on any atom is 0.238 e. The highest BCUT2D eigenvalue weighted by Crippen LogP contribution is 2.30. The van der Waals surface area contributed by atoms with Crippen molar-refractivity contribution in [2.45, 2.75) is 57.4 Å². The summed E-state index contributed by atoms with van der Waals surface area (Å²) in [4.78, 5) is 4.68. The topological polar surface area (TPSA) is 96.6 Å². The molecule has 2 unspecified atom stereocenters. The number of nitrogens with one attached hydrogen (secondary N) is 2. The largest absolute Gasteiger partial charge is 0.357 e. The Bertz CT molecular complexity index is 709. The monoisotopic (exact) mass is 508 g/mol. The lowest BCUT2D eigenvalue weighted by atomic mass is 9.81. The maximum absolute atomic E-state index is 11.5. The highest BCUT2D eigenvalue weighted by Gasteiger charge is 2.18. The molecule has 27 heavy (non-hydrogen) atoms. The van der Waals surface area contributed by atoms with Gasteiger partial charge in [0.2, 0.25) is 10.0 Å². The molecule has 0 bridgehead atoms. The quantitative estimate of drug-likeness (QED) is 0.299. The normalized spacial score (nSPS) is 20.6. The van der Waals surface area contributed by atoms with Crippen LogP contribution in [0.1, 0.15) is 51.5 Å². The summed E-state index contributed by atoms with van der Waals surface area (Å²) in [5.41, 5.74) is 0.815. The minimum atomic E-state index is -3.69. The number of benzene rings is 1. The minimum Gasteiger partial charge on any atom is -0.357 e. The minimum absolute atomic E-state index is 0. The number of primary sulfonamides is 1. The van der Waals surface area contributed by atoms with Gasteiger partial charge in [0, 0.05) is 13.1 Å². The lowest BCUT2D eigenvalue weighted by Gasteiger charge is -2.26. The zero-order chi connectivity index (χ0) is 19.0. The van der Waals surface area contributed by atoms with Crippen LogP contribution in [0.25, 0.3) is 0 Å². The lowest BCUT2D eigenvalue weighted by Crippen LogP contribution is -2.38. The fraction of sp³-hybridized carbons (Fsp3) is 0.632. The van der Waals surface area contributed by atoms with E-state index in [-0.39, 0.29) is 28.9 Å². The molecule has 1 saturated carbocycles. The molecule has 0 spiro atoms. The van der Waals surface area contributed by atoms with E-state index < -0.39 is 10.0 Å². The fourth-order valence-corrected chi connectivity index (χ4v) is 4.13. The second-order valence-electron chi connectivity index (χ2n) is 7.24. The Kier molecular flexibility index (Phi) is 10.6. The number of hydrogen-bond acceptors (Lipinski definition) is 3. The van der Waals surface area contributed by atoms with Crippen molar-refractivity contribution in [3.63, 3.8) is 0 Å². The van der Waals surface area contributed by atoms with Crippen LogP contribution in [0, 0.1) is 11.8 Å². The summed E-state index contributed by atoms with van der Waals surface area (Å²) >= 11 is 0. The molecule has 1 fully saturated rings. The van der Waals surface area contributed by atoms with Crippen LogP contribution in [-0.4, -0.2) is 27.5 Å². The van der Waals surface area contributed by atoms with E-state index in [9.17, 15) is 8.42 Å². The molecular weight excluding hydrogens is 475 g/mol. The third-order valence-corrected chi connectivity index (χ3v) is 5.79. The van der Waals surface area contributed by atoms with Gasteiger partial charge in [0.1, 0.15) is 0 Å². The first kappa shape index (κ1) is 24.2. The van der Waals surface area contributed by atoms with Crippen LogP contribution in [0.5, 0.6) is 0 Å². The van der Waals surface area contributed by atoms with Crippen LogP contribution < -0.4 is 15.8 Å². The number of aliphatic imine (C=N–C) groups is 1. The molecule has 2 atom stereocenters. The van der Waals surface area contributed by atoms with Crippen molar-refractivity contribution in [2.24, 2.45) is 22.0 Å². The van der Waals surface area contributed by atoms with Gasteiger partial charge in [-0.3, -0.25) is 0 Å². The summed E-state index contributed by atoms with van der Waals surface area (Å²) in [5, 5.41) is 11.8. The van der Waals surface area contributed by atoms with Gasteiger partial charge in [-0.25, -0.2) is 18.5 Å². The average Bonchev–Trinajstić information content (AvgIpc) is 2.59. The molecule has 0 heterocycles. The molecule has 6 nitrogen and oxygen atoms in total. The number of nitrogens with two attached hydrogens (primary N) is 1. The highest BCUT2D eigenvalue weighted by molar-refractivity contribution is 14.0. The van der Waals surface area contributed by atoms with Crippen LogP contribution >= 0.6 is 24.0 Å². The highest BCUT2D eigenvalue weighted by atomic mass is 127. The Labute approximate surface area is 180 Å². The fourth-order valence-electron chi connectivity index (χ4n) is 3.55. The number of halogens is 1. The second kappa shape index (κ2) is 11.9. The summed E-state index contributed by atoms with van der Waals surface area (Å²) in [5.74, 6) is 2.42. The first-order chi connectivity index (χ1) is 12.4. The van der Waals surface area contributed by atoms with E-state index in [1.165, 1.54) is 31.7 Å². The predicted molar refractivity (Wildman–Crippen MR) is 122 cm³/mol. The Morgan fingerprint density at radius 3 is 2.74 bits per heavy atom. The van der Waals surface area contributed by atoms with E-state index in [1.54, 1.807) is 12.1 Å². The summed E-state index contributed by atoms with van der Waals surface area (Å²) in [6.07, 6.45) is 6.54. The summed E-state index contributed by atoms with van der Waals surface area (Å²) < 4.78 is 22.9. The SMILES string of the molecule is CCNC(=NCc1cccc(S(N)(=O)=O)c1)NCCC1CCCC(C)C1.I. The van der Waals surface area contributed by atoms with Crippen LogP contribution in [0.15, 0.2) is 34.2 Å². The van der Waals surface area contributed by atoms with Gasteiger partial charge in [-0.05, 0) is 49.3 Å². The van der Waals surface area contributed by atoms with Gasteiger partial charge in [0.25, 0.3) is 0 Å². The molecule has 1 aromatic carbocycles. The van der Waals surface area contributed by atoms with Crippen molar-refractivity contribution in [3.05, 3.63) is 29.8 Å². The van der Waals surface area contributed by atoms with E-state index in [0.29, 0.717) is 6.54 Å². The second-order valence-corrected chi connectivity index (χ2v) is 8.80. The van der Waals surface area contributed by atoms with Crippen molar-refractivity contribution in [2.75, 3.05) is 13.1 Å². The molecule has 0 aromatic heterocycles. The van der Waals surface area contributed by atoms with Crippen LogP contribution in [0.3, 0.4) is 0 Å². The molecule has 154 valence electrons. The third kappa shape index (κ3) is 8.78. The van der Waals surface area contributed by atoms with Gasteiger partial charge in [-0.15, -0.1) is 24.0 Å². The Morgan fingerprint density at radius 2 is 2.07 bits per heavy atom. The van der Waals surface area contributed by atoms with Crippen LogP contribution in [0.2, 0.25) is 0 Å². The molecule has 1 aliphatic carbocycles. The Morgan fingerprint density at radius 1 is 1.30 bits per heavy atom. The average molecular weight is 508 g/mol. The van der Waals surface area contributed by atoms with Gasteiger partial charge in [-0.1, -0.05) is 38.3 Å². The van der Waals surface area contributed by atoms with E-state index >= 15 is 0 Å².